The van der Waals surface area contributed by atoms with Crippen LogP contribution in [0.15, 0.2) is 59.7 Å². The number of guanidine groups is 1. The summed E-state index contributed by atoms with van der Waals surface area (Å²) in [6, 6.07) is 16.1. The number of hydrogen-bond acceptors (Lipinski definition) is 3. The van der Waals surface area contributed by atoms with Crippen LogP contribution in [0.1, 0.15) is 29.6 Å². The van der Waals surface area contributed by atoms with Crippen LogP contribution in [0.5, 0.6) is 0 Å². The first-order valence-corrected chi connectivity index (χ1v) is 9.21. The molecule has 0 unspecified atom stereocenters. The molecule has 0 radical (unpaired) electrons. The van der Waals surface area contributed by atoms with E-state index in [9.17, 15) is 0 Å². The molecule has 1 aromatic carbocycles. The van der Waals surface area contributed by atoms with Crippen molar-refractivity contribution in [3.8, 4) is 5.69 Å². The summed E-state index contributed by atoms with van der Waals surface area (Å²) in [5.74, 6) is 0.773. The molecule has 0 aliphatic heterocycles. The highest BCUT2D eigenvalue weighted by Gasteiger charge is 2.12. The van der Waals surface area contributed by atoms with Gasteiger partial charge in [-0.25, -0.2) is 9.67 Å². The number of nitrogens with one attached hydrogen (secondary N) is 2. The van der Waals surface area contributed by atoms with Gasteiger partial charge >= 0.3 is 0 Å². The molecule has 0 spiro atoms. The lowest BCUT2D eigenvalue weighted by molar-refractivity contribution is 0.798. The third-order valence-corrected chi connectivity index (χ3v) is 4.34. The van der Waals surface area contributed by atoms with Crippen LogP contribution in [-0.2, 0) is 13.1 Å². The zero-order valence-corrected chi connectivity index (χ0v) is 18.8. The lowest BCUT2D eigenvalue weighted by Gasteiger charge is -2.11. The van der Waals surface area contributed by atoms with E-state index >= 15 is 0 Å². The Bertz CT molecular complexity index is 890. The normalized spacial score (nSPS) is 11.0. The van der Waals surface area contributed by atoms with Gasteiger partial charge in [-0.2, -0.15) is 5.10 Å². The van der Waals surface area contributed by atoms with Gasteiger partial charge in [-0.1, -0.05) is 24.3 Å². The van der Waals surface area contributed by atoms with Gasteiger partial charge in [0, 0.05) is 24.0 Å². The number of halogens is 1. The molecule has 3 rings (SSSR count). The van der Waals surface area contributed by atoms with Crippen LogP contribution in [0.3, 0.4) is 0 Å². The SMILES string of the molecule is CCNC(=NCc1c(C)nn(-c2ccccc2)c1C)NCc1ccccn1.I. The van der Waals surface area contributed by atoms with E-state index in [1.807, 2.05) is 48.0 Å². The Morgan fingerprint density at radius 2 is 1.79 bits per heavy atom. The Morgan fingerprint density at radius 3 is 2.46 bits per heavy atom. The van der Waals surface area contributed by atoms with Crippen molar-refractivity contribution in [1.29, 1.82) is 0 Å². The zero-order chi connectivity index (χ0) is 19.1. The summed E-state index contributed by atoms with van der Waals surface area (Å²) in [4.78, 5) is 9.08. The standard InChI is InChI=1S/C21H26N6.HI/c1-4-22-21(24-14-18-10-8-9-13-23-18)25-15-20-16(2)26-27(17(20)3)19-11-6-5-7-12-19;/h5-13H,4,14-15H2,1-3H3,(H2,22,24,25);1H. The van der Waals surface area contributed by atoms with Crippen LogP contribution >= 0.6 is 24.0 Å². The molecule has 0 aliphatic rings. The van der Waals surface area contributed by atoms with Gasteiger partial charge < -0.3 is 10.6 Å². The van der Waals surface area contributed by atoms with Crippen LogP contribution in [0.25, 0.3) is 5.69 Å². The highest BCUT2D eigenvalue weighted by atomic mass is 127. The fourth-order valence-corrected chi connectivity index (χ4v) is 2.90. The number of aryl methyl sites for hydroxylation is 1. The molecule has 0 saturated carbocycles. The summed E-state index contributed by atoms with van der Waals surface area (Å²) < 4.78 is 1.98. The van der Waals surface area contributed by atoms with Gasteiger partial charge in [-0.05, 0) is 45.0 Å². The summed E-state index contributed by atoms with van der Waals surface area (Å²) in [6.45, 7) is 8.19. The van der Waals surface area contributed by atoms with E-state index in [0.29, 0.717) is 13.1 Å². The predicted octanol–water partition coefficient (Wildman–Crippen LogP) is 3.76. The molecule has 0 saturated heterocycles. The van der Waals surface area contributed by atoms with Crippen LogP contribution in [0.4, 0.5) is 0 Å². The molecule has 2 N–H and O–H groups in total. The molecule has 6 nitrogen and oxygen atoms in total. The van der Waals surface area contributed by atoms with Crippen molar-refractivity contribution >= 4 is 29.9 Å². The first-order valence-electron chi connectivity index (χ1n) is 9.21. The Morgan fingerprint density at radius 1 is 1.04 bits per heavy atom. The number of aliphatic imine (C=N–C) groups is 1. The van der Waals surface area contributed by atoms with Gasteiger partial charge in [0.15, 0.2) is 5.96 Å². The van der Waals surface area contributed by atoms with Gasteiger partial charge in [0.1, 0.15) is 0 Å². The van der Waals surface area contributed by atoms with E-state index in [1.165, 1.54) is 0 Å². The van der Waals surface area contributed by atoms with Crippen molar-refractivity contribution in [3.05, 3.63) is 77.4 Å². The summed E-state index contributed by atoms with van der Waals surface area (Å²) in [5.41, 5.74) is 5.30. The second-order valence-electron chi connectivity index (χ2n) is 6.27. The quantitative estimate of drug-likeness (QED) is 0.314. The third kappa shape index (κ3) is 5.54. The average molecular weight is 490 g/mol. The molecule has 3 aromatic rings. The molecular formula is C21H27IN6. The fourth-order valence-electron chi connectivity index (χ4n) is 2.90. The number of para-hydroxylation sites is 1. The Hall–Kier alpha value is -2.42. The maximum Gasteiger partial charge on any atom is 0.191 e. The third-order valence-electron chi connectivity index (χ3n) is 4.34. The number of rotatable bonds is 6. The lowest BCUT2D eigenvalue weighted by Crippen LogP contribution is -2.37. The minimum atomic E-state index is 0. The molecule has 0 bridgehead atoms. The molecule has 2 aromatic heterocycles. The molecule has 0 atom stereocenters. The maximum atomic E-state index is 4.74. The highest BCUT2D eigenvalue weighted by molar-refractivity contribution is 14.0. The zero-order valence-electron chi connectivity index (χ0n) is 16.5. The highest BCUT2D eigenvalue weighted by Crippen LogP contribution is 2.18. The Kier molecular flexibility index (Phi) is 8.43. The van der Waals surface area contributed by atoms with E-state index in [0.717, 1.165) is 40.8 Å². The minimum absolute atomic E-state index is 0. The molecular weight excluding hydrogens is 463 g/mol. The van der Waals surface area contributed by atoms with Gasteiger partial charge in [0.05, 0.1) is 30.2 Å². The van der Waals surface area contributed by atoms with Gasteiger partial charge in [0.2, 0.25) is 0 Å². The number of hydrogen-bond donors (Lipinski definition) is 2. The van der Waals surface area contributed by atoms with E-state index in [1.54, 1.807) is 6.20 Å². The summed E-state index contributed by atoms with van der Waals surface area (Å²) in [7, 11) is 0. The monoisotopic (exact) mass is 490 g/mol. The van der Waals surface area contributed by atoms with Gasteiger partial charge in [-0.15, -0.1) is 24.0 Å². The maximum absolute atomic E-state index is 4.74. The molecule has 7 heteroatoms. The van der Waals surface area contributed by atoms with Crippen LogP contribution in [-0.4, -0.2) is 27.3 Å². The topological polar surface area (TPSA) is 67.1 Å². The first-order chi connectivity index (χ1) is 13.2. The fraction of sp³-hybridized carbons (Fsp3) is 0.286. The van der Waals surface area contributed by atoms with Crippen LogP contribution in [0, 0.1) is 13.8 Å². The van der Waals surface area contributed by atoms with Crippen molar-refractivity contribution in [1.82, 2.24) is 25.4 Å². The average Bonchev–Trinajstić information content (AvgIpc) is 2.99. The number of nitrogens with zero attached hydrogens (tertiary/aromatic N) is 4. The summed E-state index contributed by atoms with van der Waals surface area (Å²) in [6.07, 6.45) is 1.80. The largest absolute Gasteiger partial charge is 0.357 e. The van der Waals surface area contributed by atoms with Crippen LogP contribution < -0.4 is 10.6 Å². The molecule has 148 valence electrons. The molecule has 28 heavy (non-hydrogen) atoms. The molecule has 0 fully saturated rings. The van der Waals surface area contributed by atoms with Gasteiger partial charge in [-0.3, -0.25) is 4.98 Å². The van der Waals surface area contributed by atoms with Crippen molar-refractivity contribution in [2.45, 2.75) is 33.9 Å². The first kappa shape index (κ1) is 21.9. The summed E-state index contributed by atoms with van der Waals surface area (Å²) >= 11 is 0. The number of benzene rings is 1. The van der Waals surface area contributed by atoms with Gasteiger partial charge in [0.25, 0.3) is 0 Å². The van der Waals surface area contributed by atoms with E-state index in [-0.39, 0.29) is 24.0 Å². The second kappa shape index (κ2) is 10.8. The smallest absolute Gasteiger partial charge is 0.191 e. The number of aromatic nitrogens is 3. The summed E-state index contributed by atoms with van der Waals surface area (Å²) in [5, 5.41) is 11.3. The predicted molar refractivity (Wildman–Crippen MR) is 124 cm³/mol. The van der Waals surface area contributed by atoms with Crippen molar-refractivity contribution in [2.75, 3.05) is 6.54 Å². The lowest BCUT2D eigenvalue weighted by atomic mass is 10.2. The van der Waals surface area contributed by atoms with E-state index in [4.69, 9.17) is 10.1 Å². The van der Waals surface area contributed by atoms with E-state index < -0.39 is 0 Å². The molecule has 0 amide bonds. The van der Waals surface area contributed by atoms with Crippen molar-refractivity contribution in [3.63, 3.8) is 0 Å². The van der Waals surface area contributed by atoms with E-state index in [2.05, 4.69) is 41.6 Å². The van der Waals surface area contributed by atoms with Crippen LogP contribution in [0.2, 0.25) is 0 Å². The van der Waals surface area contributed by atoms with Crippen molar-refractivity contribution in [2.24, 2.45) is 4.99 Å². The molecule has 0 aliphatic carbocycles. The Balaban J connectivity index is 0.00000280. The number of pyridine rings is 1. The molecule has 2 heterocycles. The second-order valence-corrected chi connectivity index (χ2v) is 6.27. The van der Waals surface area contributed by atoms with Crippen molar-refractivity contribution < 1.29 is 0 Å². The Labute approximate surface area is 183 Å². The minimum Gasteiger partial charge on any atom is -0.357 e.